The number of amides is 2. The smallest absolute Gasteiger partial charge is 0.415 e. The number of nitrogens with one attached hydrogen (secondary N) is 3. The number of likely N-dealkylation sites (N-methyl/N-ethyl adjacent to an activating group) is 1. The number of alkyl halides is 3. The molecule has 0 radical (unpaired) electrons. The Hall–Kier alpha value is -3.60. The first-order valence-corrected chi connectivity index (χ1v) is 12.6. The van der Waals surface area contributed by atoms with E-state index in [1.165, 1.54) is 12.1 Å². The second-order valence-corrected chi connectivity index (χ2v) is 10.0. The third-order valence-corrected chi connectivity index (χ3v) is 5.76. The van der Waals surface area contributed by atoms with Crippen LogP contribution in [0.1, 0.15) is 44.7 Å². The summed E-state index contributed by atoms with van der Waals surface area (Å²) in [5.74, 6) is -2.29. The van der Waals surface area contributed by atoms with Gasteiger partial charge in [0, 0.05) is 13.0 Å². The summed E-state index contributed by atoms with van der Waals surface area (Å²) >= 11 is 0. The standard InChI is InChI=1S/C28H36F3N3O5/c1-26(2,3)39-23(35)22(16-11-17-33-25(37)38-19-21-14-9-6-10-15-21)34-24(36)27(32-4,28(29,30)31)18-20-12-7-5-8-13-20/h5-10,12-15,22,32H,11,16-19H2,1-4H3,(H,33,37)(H,34,36)/t22-,27?/m1/s1. The van der Waals surface area contributed by atoms with Crippen LogP contribution in [0.15, 0.2) is 60.7 Å². The zero-order valence-electron chi connectivity index (χ0n) is 22.6. The van der Waals surface area contributed by atoms with Crippen molar-refractivity contribution in [3.8, 4) is 0 Å². The number of carbonyl (C=O) groups is 3. The van der Waals surface area contributed by atoms with E-state index in [1.807, 2.05) is 18.2 Å². The SMILES string of the molecule is CNC(Cc1ccccc1)(C(=O)N[C@H](CCCNC(=O)OCc1ccccc1)C(=O)OC(C)(C)C)C(F)(F)F. The summed E-state index contributed by atoms with van der Waals surface area (Å²) < 4.78 is 53.4. The van der Waals surface area contributed by atoms with Crippen molar-refractivity contribution in [1.29, 1.82) is 0 Å². The molecule has 0 saturated carbocycles. The van der Waals surface area contributed by atoms with Crippen LogP contribution in [0.25, 0.3) is 0 Å². The molecule has 0 bridgehead atoms. The summed E-state index contributed by atoms with van der Waals surface area (Å²) in [6.07, 6.45) is -6.28. The molecule has 11 heteroatoms. The molecule has 0 heterocycles. The predicted molar refractivity (Wildman–Crippen MR) is 140 cm³/mol. The summed E-state index contributed by atoms with van der Waals surface area (Å²) in [7, 11) is 1.05. The van der Waals surface area contributed by atoms with E-state index < -0.39 is 47.7 Å². The van der Waals surface area contributed by atoms with E-state index in [2.05, 4.69) is 16.0 Å². The fourth-order valence-corrected chi connectivity index (χ4v) is 3.73. The zero-order valence-corrected chi connectivity index (χ0v) is 22.6. The number of rotatable bonds is 12. The fourth-order valence-electron chi connectivity index (χ4n) is 3.73. The van der Waals surface area contributed by atoms with Gasteiger partial charge >= 0.3 is 18.2 Å². The minimum Gasteiger partial charge on any atom is -0.458 e. The minimum absolute atomic E-state index is 0.0588. The molecule has 39 heavy (non-hydrogen) atoms. The van der Waals surface area contributed by atoms with Gasteiger partial charge in [-0.3, -0.25) is 10.1 Å². The average molecular weight is 552 g/mol. The molecule has 0 aliphatic carbocycles. The Bertz CT molecular complexity index is 1080. The Labute approximate surface area is 226 Å². The van der Waals surface area contributed by atoms with E-state index in [-0.39, 0.29) is 31.6 Å². The number of alkyl carbamates (subject to hydrolysis) is 1. The van der Waals surface area contributed by atoms with Gasteiger partial charge in [-0.25, -0.2) is 9.59 Å². The van der Waals surface area contributed by atoms with Crippen molar-refractivity contribution in [1.82, 2.24) is 16.0 Å². The molecule has 2 aromatic carbocycles. The van der Waals surface area contributed by atoms with Crippen LogP contribution in [0, 0.1) is 0 Å². The van der Waals surface area contributed by atoms with Gasteiger partial charge in [0.05, 0.1) is 0 Å². The minimum atomic E-state index is -4.98. The number of hydrogen-bond acceptors (Lipinski definition) is 6. The lowest BCUT2D eigenvalue weighted by atomic mass is 9.88. The highest BCUT2D eigenvalue weighted by Gasteiger charge is 2.59. The van der Waals surface area contributed by atoms with E-state index in [0.717, 1.165) is 12.6 Å². The maximum atomic E-state index is 14.3. The summed E-state index contributed by atoms with van der Waals surface area (Å²) in [5.41, 5.74) is -2.85. The molecule has 1 unspecified atom stereocenters. The van der Waals surface area contributed by atoms with Crippen LogP contribution >= 0.6 is 0 Å². The Morgan fingerprint density at radius 1 is 0.897 bits per heavy atom. The Balaban J connectivity index is 2.09. The third kappa shape index (κ3) is 9.90. The Morgan fingerprint density at radius 3 is 1.97 bits per heavy atom. The van der Waals surface area contributed by atoms with Gasteiger partial charge in [0.1, 0.15) is 18.2 Å². The summed E-state index contributed by atoms with van der Waals surface area (Å²) in [6.45, 7) is 4.95. The lowest BCUT2D eigenvalue weighted by Gasteiger charge is -2.35. The lowest BCUT2D eigenvalue weighted by Crippen LogP contribution is -2.67. The van der Waals surface area contributed by atoms with Crippen molar-refractivity contribution in [3.05, 3.63) is 71.8 Å². The van der Waals surface area contributed by atoms with Crippen LogP contribution in [0.4, 0.5) is 18.0 Å². The molecular formula is C28H36F3N3O5. The van der Waals surface area contributed by atoms with Crippen molar-refractivity contribution in [2.45, 2.75) is 70.0 Å². The molecule has 0 saturated heterocycles. The van der Waals surface area contributed by atoms with E-state index in [1.54, 1.807) is 51.1 Å². The first-order chi connectivity index (χ1) is 18.3. The number of carbonyl (C=O) groups excluding carboxylic acids is 3. The molecule has 3 N–H and O–H groups in total. The first-order valence-electron chi connectivity index (χ1n) is 12.6. The monoisotopic (exact) mass is 551 g/mol. The van der Waals surface area contributed by atoms with Crippen molar-refractivity contribution >= 4 is 18.0 Å². The molecule has 0 aromatic heterocycles. The van der Waals surface area contributed by atoms with Gasteiger partial charge < -0.3 is 20.1 Å². The highest BCUT2D eigenvalue weighted by molar-refractivity contribution is 5.91. The van der Waals surface area contributed by atoms with Gasteiger partial charge in [-0.15, -0.1) is 0 Å². The second-order valence-electron chi connectivity index (χ2n) is 10.0. The quantitative estimate of drug-likeness (QED) is 0.269. The maximum Gasteiger partial charge on any atom is 0.415 e. The van der Waals surface area contributed by atoms with Gasteiger partial charge in [-0.2, -0.15) is 13.2 Å². The van der Waals surface area contributed by atoms with Crippen LogP contribution in [0.3, 0.4) is 0 Å². The van der Waals surface area contributed by atoms with Crippen molar-refractivity contribution in [3.63, 3.8) is 0 Å². The summed E-state index contributed by atoms with van der Waals surface area (Å²) in [6, 6.07) is 15.4. The molecule has 8 nitrogen and oxygen atoms in total. The fraction of sp³-hybridized carbons (Fsp3) is 0.464. The maximum absolute atomic E-state index is 14.3. The van der Waals surface area contributed by atoms with Crippen molar-refractivity contribution < 1.29 is 37.0 Å². The van der Waals surface area contributed by atoms with Gasteiger partial charge in [0.15, 0.2) is 5.54 Å². The zero-order chi connectivity index (χ0) is 29.1. The molecular weight excluding hydrogens is 515 g/mol. The molecule has 2 aromatic rings. The number of halogens is 3. The van der Waals surface area contributed by atoms with E-state index in [9.17, 15) is 27.6 Å². The van der Waals surface area contributed by atoms with Crippen LogP contribution in [-0.2, 0) is 32.1 Å². The molecule has 0 fully saturated rings. The molecule has 0 aliphatic rings. The largest absolute Gasteiger partial charge is 0.458 e. The van der Waals surface area contributed by atoms with E-state index >= 15 is 0 Å². The van der Waals surface area contributed by atoms with Gasteiger partial charge in [0.2, 0.25) is 0 Å². The van der Waals surface area contributed by atoms with E-state index in [4.69, 9.17) is 9.47 Å². The second kappa shape index (κ2) is 14.0. The molecule has 0 aliphatic heterocycles. The Kier molecular flexibility index (Phi) is 11.3. The third-order valence-electron chi connectivity index (χ3n) is 5.76. The summed E-state index contributed by atoms with van der Waals surface area (Å²) in [5, 5.41) is 6.93. The molecule has 2 amide bonds. The first kappa shape index (κ1) is 31.6. The topological polar surface area (TPSA) is 106 Å². The van der Waals surface area contributed by atoms with Gasteiger partial charge in [-0.05, 0) is 51.8 Å². The van der Waals surface area contributed by atoms with Crippen LogP contribution < -0.4 is 16.0 Å². The van der Waals surface area contributed by atoms with Crippen LogP contribution in [0.5, 0.6) is 0 Å². The molecule has 0 spiro atoms. The number of benzene rings is 2. The highest BCUT2D eigenvalue weighted by atomic mass is 19.4. The lowest BCUT2D eigenvalue weighted by molar-refractivity contribution is -0.200. The van der Waals surface area contributed by atoms with Gasteiger partial charge in [0.25, 0.3) is 5.91 Å². The Morgan fingerprint density at radius 2 is 1.46 bits per heavy atom. The number of esters is 1. The highest BCUT2D eigenvalue weighted by Crippen LogP contribution is 2.34. The predicted octanol–water partition coefficient (Wildman–Crippen LogP) is 4.28. The van der Waals surface area contributed by atoms with Crippen molar-refractivity contribution in [2.24, 2.45) is 0 Å². The van der Waals surface area contributed by atoms with Crippen LogP contribution in [0.2, 0.25) is 0 Å². The van der Waals surface area contributed by atoms with Gasteiger partial charge in [-0.1, -0.05) is 60.7 Å². The number of hydrogen-bond donors (Lipinski definition) is 3. The van der Waals surface area contributed by atoms with E-state index in [0.29, 0.717) is 0 Å². The van der Waals surface area contributed by atoms with Crippen molar-refractivity contribution in [2.75, 3.05) is 13.6 Å². The molecule has 2 atom stereocenters. The summed E-state index contributed by atoms with van der Waals surface area (Å²) in [4.78, 5) is 38.0. The van der Waals surface area contributed by atoms with Crippen LogP contribution in [-0.4, -0.2) is 54.9 Å². The normalized spacial score (nSPS) is 14.0. The molecule has 2 rings (SSSR count). The molecule has 214 valence electrons. The number of ether oxygens (including phenoxy) is 2. The average Bonchev–Trinajstić information content (AvgIpc) is 2.87.